The molecule has 2 atom stereocenters. The fourth-order valence-electron chi connectivity index (χ4n) is 1.56. The molecule has 0 aromatic carbocycles. The third-order valence-corrected chi connectivity index (χ3v) is 2.44. The van der Waals surface area contributed by atoms with Gasteiger partial charge in [0.2, 0.25) is 0 Å². The molecule has 5 nitrogen and oxygen atoms in total. The molecule has 0 aliphatic carbocycles. The molecule has 5 heteroatoms. The van der Waals surface area contributed by atoms with Crippen LogP contribution in [0.4, 0.5) is 4.79 Å². The van der Waals surface area contributed by atoms with Crippen molar-refractivity contribution in [3.05, 3.63) is 0 Å². The molecule has 0 aromatic heterocycles. The van der Waals surface area contributed by atoms with E-state index < -0.39 is 11.7 Å². The SMILES string of the molecule is CC(CC(=O)CCC1CO1)NC(=O)OC(C)(C)C. The van der Waals surface area contributed by atoms with Crippen molar-refractivity contribution in [2.24, 2.45) is 0 Å². The third kappa shape index (κ3) is 7.27. The molecule has 1 amide bonds. The van der Waals surface area contributed by atoms with Gasteiger partial charge in [-0.15, -0.1) is 0 Å². The Labute approximate surface area is 108 Å². The summed E-state index contributed by atoms with van der Waals surface area (Å²) < 4.78 is 10.2. The standard InChI is InChI=1S/C13H23NO4/c1-9(14-12(16)18-13(2,3)4)7-10(15)5-6-11-8-17-11/h9,11H,5-8H2,1-4H3,(H,14,16). The molecular formula is C13H23NO4. The smallest absolute Gasteiger partial charge is 0.407 e. The Hall–Kier alpha value is -1.10. The fourth-order valence-corrected chi connectivity index (χ4v) is 1.56. The first-order valence-electron chi connectivity index (χ1n) is 6.39. The Kier molecular flexibility index (Phi) is 5.14. The Morgan fingerprint density at radius 1 is 1.44 bits per heavy atom. The minimum atomic E-state index is -0.517. The maximum absolute atomic E-state index is 11.6. The van der Waals surface area contributed by atoms with Crippen molar-refractivity contribution in [2.75, 3.05) is 6.61 Å². The highest BCUT2D eigenvalue weighted by Gasteiger charge is 2.24. The molecule has 1 heterocycles. The van der Waals surface area contributed by atoms with Gasteiger partial charge in [0.1, 0.15) is 11.4 Å². The lowest BCUT2D eigenvalue weighted by molar-refractivity contribution is -0.119. The molecule has 1 saturated heterocycles. The number of ether oxygens (including phenoxy) is 2. The summed E-state index contributed by atoms with van der Waals surface area (Å²) in [5.41, 5.74) is -0.517. The molecular weight excluding hydrogens is 234 g/mol. The number of epoxide rings is 1. The molecule has 1 fully saturated rings. The topological polar surface area (TPSA) is 67.9 Å². The van der Waals surface area contributed by atoms with Gasteiger partial charge in [-0.25, -0.2) is 4.79 Å². The van der Waals surface area contributed by atoms with Crippen molar-refractivity contribution in [3.63, 3.8) is 0 Å². The number of rotatable bonds is 6. The molecule has 104 valence electrons. The summed E-state index contributed by atoms with van der Waals surface area (Å²) in [5.74, 6) is 0.147. The number of amides is 1. The van der Waals surface area contributed by atoms with Crippen molar-refractivity contribution >= 4 is 11.9 Å². The van der Waals surface area contributed by atoms with Crippen LogP contribution in [0, 0.1) is 0 Å². The quantitative estimate of drug-likeness (QED) is 0.739. The second-order valence-electron chi connectivity index (χ2n) is 5.78. The van der Waals surface area contributed by atoms with Crippen LogP contribution < -0.4 is 5.32 Å². The first kappa shape index (κ1) is 15.0. The highest BCUT2D eigenvalue weighted by Crippen LogP contribution is 2.16. The molecule has 1 aliphatic rings. The van der Waals surface area contributed by atoms with E-state index in [-0.39, 0.29) is 17.9 Å². The second-order valence-corrected chi connectivity index (χ2v) is 5.78. The Morgan fingerprint density at radius 2 is 2.06 bits per heavy atom. The monoisotopic (exact) mass is 257 g/mol. The van der Waals surface area contributed by atoms with E-state index in [1.165, 1.54) is 0 Å². The van der Waals surface area contributed by atoms with Crippen LogP contribution in [0.5, 0.6) is 0 Å². The van der Waals surface area contributed by atoms with Gasteiger partial charge in [0.05, 0.1) is 12.7 Å². The van der Waals surface area contributed by atoms with Crippen LogP contribution in [-0.2, 0) is 14.3 Å². The molecule has 0 bridgehead atoms. The van der Waals surface area contributed by atoms with Gasteiger partial charge < -0.3 is 14.8 Å². The predicted molar refractivity (Wildman–Crippen MR) is 67.4 cm³/mol. The first-order chi connectivity index (χ1) is 8.26. The van der Waals surface area contributed by atoms with Gasteiger partial charge in [-0.3, -0.25) is 4.79 Å². The van der Waals surface area contributed by atoms with Crippen molar-refractivity contribution in [1.29, 1.82) is 0 Å². The lowest BCUT2D eigenvalue weighted by Crippen LogP contribution is -2.38. The minimum Gasteiger partial charge on any atom is -0.444 e. The summed E-state index contributed by atoms with van der Waals surface area (Å²) in [7, 11) is 0. The van der Waals surface area contributed by atoms with Crippen LogP contribution in [0.1, 0.15) is 47.0 Å². The molecule has 1 N–H and O–H groups in total. The number of nitrogens with one attached hydrogen (secondary N) is 1. The van der Waals surface area contributed by atoms with E-state index in [9.17, 15) is 9.59 Å². The second kappa shape index (κ2) is 6.18. The Bertz CT molecular complexity index is 305. The highest BCUT2D eigenvalue weighted by atomic mass is 16.6. The normalized spacial score (nSPS) is 20.1. The van der Waals surface area contributed by atoms with E-state index >= 15 is 0 Å². The molecule has 2 unspecified atom stereocenters. The summed E-state index contributed by atoms with van der Waals surface area (Å²) in [4.78, 5) is 23.1. The predicted octanol–water partition coefficient (Wildman–Crippen LogP) is 2.04. The fraction of sp³-hybridized carbons (Fsp3) is 0.846. The van der Waals surface area contributed by atoms with E-state index in [1.54, 1.807) is 27.7 Å². The van der Waals surface area contributed by atoms with Gasteiger partial charge in [-0.1, -0.05) is 0 Å². The van der Waals surface area contributed by atoms with Gasteiger partial charge >= 0.3 is 6.09 Å². The first-order valence-corrected chi connectivity index (χ1v) is 6.39. The number of ketones is 1. The van der Waals surface area contributed by atoms with Gasteiger partial charge in [0, 0.05) is 18.9 Å². The zero-order chi connectivity index (χ0) is 13.8. The van der Waals surface area contributed by atoms with Crippen LogP contribution in [-0.4, -0.2) is 36.2 Å². The zero-order valence-corrected chi connectivity index (χ0v) is 11.6. The van der Waals surface area contributed by atoms with E-state index in [1.807, 2.05) is 0 Å². The molecule has 0 radical (unpaired) electrons. The Morgan fingerprint density at radius 3 is 2.56 bits per heavy atom. The number of carbonyl (C=O) groups excluding carboxylic acids is 2. The Balaban J connectivity index is 2.16. The molecule has 0 aromatic rings. The summed E-state index contributed by atoms with van der Waals surface area (Å²) in [6, 6.07) is -0.201. The van der Waals surface area contributed by atoms with Crippen LogP contribution in [0.25, 0.3) is 0 Å². The van der Waals surface area contributed by atoms with Crippen molar-refractivity contribution in [2.45, 2.75) is 64.7 Å². The average Bonchev–Trinajstić information content (AvgIpc) is 2.93. The summed E-state index contributed by atoms with van der Waals surface area (Å²) in [6.07, 6.45) is 1.45. The molecule has 0 saturated carbocycles. The van der Waals surface area contributed by atoms with Gasteiger partial charge in [-0.2, -0.15) is 0 Å². The number of carbonyl (C=O) groups is 2. The van der Waals surface area contributed by atoms with Gasteiger partial charge in [0.15, 0.2) is 0 Å². The summed E-state index contributed by atoms with van der Waals surface area (Å²) in [5, 5.41) is 2.66. The lowest BCUT2D eigenvalue weighted by Gasteiger charge is -2.21. The van der Waals surface area contributed by atoms with Crippen LogP contribution in [0.15, 0.2) is 0 Å². The molecule has 0 spiro atoms. The van der Waals surface area contributed by atoms with Gasteiger partial charge in [-0.05, 0) is 34.1 Å². The number of alkyl carbamates (subject to hydrolysis) is 1. The summed E-state index contributed by atoms with van der Waals surface area (Å²) in [6.45, 7) is 7.99. The summed E-state index contributed by atoms with van der Waals surface area (Å²) >= 11 is 0. The maximum atomic E-state index is 11.6. The average molecular weight is 257 g/mol. The van der Waals surface area contributed by atoms with E-state index in [0.29, 0.717) is 12.8 Å². The minimum absolute atomic E-state index is 0.147. The van der Waals surface area contributed by atoms with Crippen molar-refractivity contribution in [1.82, 2.24) is 5.32 Å². The van der Waals surface area contributed by atoms with E-state index in [0.717, 1.165) is 13.0 Å². The molecule has 1 rings (SSSR count). The molecule has 1 aliphatic heterocycles. The van der Waals surface area contributed by atoms with E-state index in [4.69, 9.17) is 9.47 Å². The van der Waals surface area contributed by atoms with Crippen LogP contribution in [0.2, 0.25) is 0 Å². The number of Topliss-reactive ketones (excluding diaryl/α,β-unsaturated/α-hetero) is 1. The maximum Gasteiger partial charge on any atom is 0.407 e. The number of hydrogen-bond donors (Lipinski definition) is 1. The highest BCUT2D eigenvalue weighted by molar-refractivity contribution is 5.79. The number of hydrogen-bond acceptors (Lipinski definition) is 4. The van der Waals surface area contributed by atoms with Crippen molar-refractivity contribution < 1.29 is 19.1 Å². The molecule has 18 heavy (non-hydrogen) atoms. The lowest BCUT2D eigenvalue weighted by atomic mass is 10.1. The third-order valence-electron chi connectivity index (χ3n) is 2.44. The van der Waals surface area contributed by atoms with Gasteiger partial charge in [0.25, 0.3) is 0 Å². The van der Waals surface area contributed by atoms with Crippen molar-refractivity contribution in [3.8, 4) is 0 Å². The van der Waals surface area contributed by atoms with Crippen LogP contribution >= 0.6 is 0 Å². The van der Waals surface area contributed by atoms with E-state index in [2.05, 4.69) is 5.32 Å². The largest absolute Gasteiger partial charge is 0.444 e. The van der Waals surface area contributed by atoms with Crippen LogP contribution in [0.3, 0.4) is 0 Å². The zero-order valence-electron chi connectivity index (χ0n) is 11.6.